The van der Waals surface area contributed by atoms with Gasteiger partial charge in [-0.15, -0.1) is 10.2 Å². The molecule has 0 radical (unpaired) electrons. The maximum Gasteiger partial charge on any atom is 0.320 e. The third kappa shape index (κ3) is 9.14. The summed E-state index contributed by atoms with van der Waals surface area (Å²) in [6.07, 6.45) is 5.55. The van der Waals surface area contributed by atoms with Crippen molar-refractivity contribution in [3.8, 4) is 17.2 Å². The number of carbonyl (C=O) groups is 2. The first-order chi connectivity index (χ1) is 26.4. The van der Waals surface area contributed by atoms with Crippen LogP contribution >= 0.6 is 11.6 Å². The molecule has 292 valence electrons. The zero-order chi connectivity index (χ0) is 39.3. The van der Waals surface area contributed by atoms with E-state index in [1.54, 1.807) is 10.7 Å². The largest absolute Gasteiger partial charge is 0.491 e. The van der Waals surface area contributed by atoms with Gasteiger partial charge in [0.15, 0.2) is 5.65 Å². The van der Waals surface area contributed by atoms with Gasteiger partial charge in [-0.2, -0.15) is 5.10 Å². The molecule has 3 atom stereocenters. The van der Waals surface area contributed by atoms with E-state index in [4.69, 9.17) is 36.1 Å². The van der Waals surface area contributed by atoms with E-state index < -0.39 is 0 Å². The Morgan fingerprint density at radius 2 is 1.82 bits per heavy atom. The van der Waals surface area contributed by atoms with Crippen LogP contribution in [-0.4, -0.2) is 86.7 Å². The minimum Gasteiger partial charge on any atom is -0.491 e. The summed E-state index contributed by atoms with van der Waals surface area (Å²) in [4.78, 5) is 26.4. The average molecular weight is 772 g/mol. The summed E-state index contributed by atoms with van der Waals surface area (Å²) in [5.41, 5.74) is 4.19. The van der Waals surface area contributed by atoms with Gasteiger partial charge < -0.3 is 29.7 Å². The fraction of sp³-hybridized carbons (Fsp3) is 0.425. The third-order valence-electron chi connectivity index (χ3n) is 9.86. The maximum atomic E-state index is 13.7. The number of amides is 2. The first-order valence-corrected chi connectivity index (χ1v) is 18.9. The molecular weight excluding hydrogens is 722 g/mol. The lowest BCUT2D eigenvalue weighted by Gasteiger charge is -2.32. The van der Waals surface area contributed by atoms with E-state index in [1.165, 1.54) is 0 Å². The molecule has 15 heteroatoms. The van der Waals surface area contributed by atoms with Crippen LogP contribution in [0.15, 0.2) is 66.9 Å². The number of hydrogen-bond acceptors (Lipinski definition) is 9. The fourth-order valence-corrected chi connectivity index (χ4v) is 7.13. The van der Waals surface area contributed by atoms with Crippen molar-refractivity contribution in [2.24, 2.45) is 0 Å². The fourth-order valence-electron chi connectivity index (χ4n) is 6.96. The first-order valence-electron chi connectivity index (χ1n) is 18.6. The molecule has 3 N–H and O–H groups in total. The molecule has 4 heterocycles. The third-order valence-corrected chi connectivity index (χ3v) is 10.2. The molecule has 1 saturated heterocycles. The minimum absolute atomic E-state index is 0.171. The van der Waals surface area contributed by atoms with Gasteiger partial charge in [0.05, 0.1) is 28.6 Å². The van der Waals surface area contributed by atoms with Gasteiger partial charge in [0.2, 0.25) is 5.95 Å². The number of hydrogen-bond donors (Lipinski definition) is 3. The molecule has 3 aromatic heterocycles. The Hall–Kier alpha value is -5.34. The molecule has 0 saturated carbocycles. The molecule has 55 heavy (non-hydrogen) atoms. The Labute approximate surface area is 326 Å². The summed E-state index contributed by atoms with van der Waals surface area (Å²) in [5.74, 6) is 2.70. The summed E-state index contributed by atoms with van der Waals surface area (Å²) >= 11 is 6.50. The number of aromatic nitrogens is 5. The summed E-state index contributed by atoms with van der Waals surface area (Å²) in [5, 5.41) is 27.5. The maximum absolute atomic E-state index is 13.7. The van der Waals surface area contributed by atoms with Gasteiger partial charge in [0.25, 0.3) is 6.47 Å². The van der Waals surface area contributed by atoms with Crippen molar-refractivity contribution >= 4 is 41.5 Å². The second kappa shape index (κ2) is 17.0. The van der Waals surface area contributed by atoms with Crippen LogP contribution in [0, 0.1) is 0 Å². The summed E-state index contributed by atoms with van der Waals surface area (Å²) in [6.45, 7) is 10.5. The number of ether oxygens (including phenoxy) is 2. The number of likely N-dealkylation sites (N-methyl/N-ethyl adjacent to an activating group) is 1. The molecule has 7 rings (SSSR count). The number of carbonyl (C=O) groups excluding carboxylic acids is 1. The highest BCUT2D eigenvalue weighted by atomic mass is 35.5. The lowest BCUT2D eigenvalue weighted by atomic mass is 9.85. The van der Waals surface area contributed by atoms with Crippen molar-refractivity contribution in [2.75, 3.05) is 44.0 Å². The summed E-state index contributed by atoms with van der Waals surface area (Å²) in [6, 6.07) is 19.4. The number of pyridine rings is 1. The van der Waals surface area contributed by atoms with E-state index >= 15 is 0 Å². The molecule has 0 bridgehead atoms. The second-order valence-electron chi connectivity index (χ2n) is 15.2. The minimum atomic E-state index is -0.320. The molecule has 1 aliphatic heterocycles. The average Bonchev–Trinajstić information content (AvgIpc) is 3.88. The van der Waals surface area contributed by atoms with E-state index in [0.29, 0.717) is 35.7 Å². The summed E-state index contributed by atoms with van der Waals surface area (Å²) in [7, 11) is 3.98. The Balaban J connectivity index is 0.00000166. The number of nitrogens with zero attached hydrogens (tertiary/aromatic N) is 7. The Bertz CT molecular complexity index is 2110. The van der Waals surface area contributed by atoms with Crippen molar-refractivity contribution < 1.29 is 24.2 Å². The highest BCUT2D eigenvalue weighted by Crippen LogP contribution is 2.39. The standard InChI is InChI=1S/C39H48ClN9O3.CH2O2/c1-25-10-9-19-47(25)38-44-43-35-18-14-27(24-48(35)38)52-32-17-16-31(28-11-7-8-12-29(28)32)41-37(50)42-36-23-34(39(2,3)4)45-49(36)26-13-15-30(40)33(22-26)51-21-20-46(5)6;2-1-3/h7-8,11-15,18,22-25,31-32H,9-10,16-17,19-21H2,1-6H3,(H2,41,42,50);1H,(H,2,3)/t25-,31-,32+;/m0./s1. The van der Waals surface area contributed by atoms with Crippen molar-refractivity contribution in [3.63, 3.8) is 0 Å². The van der Waals surface area contributed by atoms with E-state index in [9.17, 15) is 4.79 Å². The number of rotatable bonds is 10. The summed E-state index contributed by atoms with van der Waals surface area (Å²) < 4.78 is 16.4. The van der Waals surface area contributed by atoms with Crippen LogP contribution in [0.2, 0.25) is 5.02 Å². The lowest BCUT2D eigenvalue weighted by Crippen LogP contribution is -2.36. The highest BCUT2D eigenvalue weighted by molar-refractivity contribution is 6.32. The van der Waals surface area contributed by atoms with Gasteiger partial charge in [-0.25, -0.2) is 9.48 Å². The molecule has 5 aromatic rings. The molecule has 14 nitrogen and oxygen atoms in total. The normalized spacial score (nSPS) is 18.0. The number of fused-ring (bicyclic) bond motifs is 2. The zero-order valence-corrected chi connectivity index (χ0v) is 33.0. The topological polar surface area (TPSA) is 151 Å². The monoisotopic (exact) mass is 771 g/mol. The van der Waals surface area contributed by atoms with Crippen LogP contribution in [0.25, 0.3) is 11.3 Å². The molecule has 0 spiro atoms. The van der Waals surface area contributed by atoms with Crippen LogP contribution in [0.4, 0.5) is 16.6 Å². The molecule has 1 aliphatic carbocycles. The van der Waals surface area contributed by atoms with Crippen LogP contribution in [-0.2, 0) is 10.2 Å². The molecular formula is C40H50ClN9O5. The number of benzene rings is 2. The molecule has 1 fully saturated rings. The molecule has 0 unspecified atom stereocenters. The Morgan fingerprint density at radius 1 is 1.05 bits per heavy atom. The van der Waals surface area contributed by atoms with Crippen LogP contribution in [0.1, 0.15) is 82.3 Å². The zero-order valence-electron chi connectivity index (χ0n) is 32.2. The van der Waals surface area contributed by atoms with E-state index in [0.717, 1.165) is 72.2 Å². The molecule has 2 aromatic carbocycles. The van der Waals surface area contributed by atoms with Gasteiger partial charge >= 0.3 is 6.03 Å². The van der Waals surface area contributed by atoms with Gasteiger partial charge in [0, 0.05) is 36.7 Å². The van der Waals surface area contributed by atoms with Crippen molar-refractivity contribution in [2.45, 2.75) is 77.0 Å². The Morgan fingerprint density at radius 3 is 2.53 bits per heavy atom. The lowest BCUT2D eigenvalue weighted by molar-refractivity contribution is -0.122. The van der Waals surface area contributed by atoms with Crippen molar-refractivity contribution in [1.82, 2.24) is 34.6 Å². The quantitative estimate of drug-likeness (QED) is 0.124. The number of halogens is 1. The van der Waals surface area contributed by atoms with Gasteiger partial charge in [-0.3, -0.25) is 14.5 Å². The van der Waals surface area contributed by atoms with E-state index in [-0.39, 0.29) is 30.1 Å². The molecule has 2 amide bonds. The van der Waals surface area contributed by atoms with Crippen molar-refractivity contribution in [1.29, 1.82) is 0 Å². The number of urea groups is 1. The van der Waals surface area contributed by atoms with Crippen LogP contribution in [0.5, 0.6) is 11.5 Å². The Kier molecular flexibility index (Phi) is 12.2. The van der Waals surface area contributed by atoms with Gasteiger partial charge in [-0.1, -0.05) is 56.6 Å². The first kappa shape index (κ1) is 39.4. The van der Waals surface area contributed by atoms with Crippen LogP contribution < -0.4 is 25.0 Å². The predicted molar refractivity (Wildman–Crippen MR) is 213 cm³/mol. The number of anilines is 2. The SMILES string of the molecule is C[C@H]1CCCN1c1nnc2ccc(O[C@@H]3CC[C@H](NC(=O)Nc4cc(C(C)(C)C)nn4-c4ccc(Cl)c(OCCN(C)C)c4)c4ccccc43)cn12.O=CO. The molecule has 2 aliphatic rings. The smallest absolute Gasteiger partial charge is 0.320 e. The number of nitrogens with one attached hydrogen (secondary N) is 2. The van der Waals surface area contributed by atoms with E-state index in [1.807, 2.05) is 72.1 Å². The predicted octanol–water partition coefficient (Wildman–Crippen LogP) is 7.27. The number of carboxylic acid groups (broad SMARTS) is 1. The highest BCUT2D eigenvalue weighted by Gasteiger charge is 2.31. The van der Waals surface area contributed by atoms with Crippen molar-refractivity contribution in [3.05, 3.63) is 88.7 Å². The van der Waals surface area contributed by atoms with E-state index in [2.05, 4.69) is 65.6 Å². The van der Waals surface area contributed by atoms with Gasteiger partial charge in [0.1, 0.15) is 30.0 Å². The van der Waals surface area contributed by atoms with Crippen LogP contribution in [0.3, 0.4) is 0 Å². The second-order valence-corrected chi connectivity index (χ2v) is 15.6. The van der Waals surface area contributed by atoms with Gasteiger partial charge in [-0.05, 0) is 82.1 Å².